The third-order valence-electron chi connectivity index (χ3n) is 4.38. The number of amides is 1. The second kappa shape index (κ2) is 9.56. The van der Waals surface area contributed by atoms with Crippen molar-refractivity contribution in [3.8, 4) is 5.75 Å². The van der Waals surface area contributed by atoms with Crippen molar-refractivity contribution < 1.29 is 14.3 Å². The quantitative estimate of drug-likeness (QED) is 0.716. The fourth-order valence-corrected chi connectivity index (χ4v) is 3.05. The lowest BCUT2D eigenvalue weighted by Gasteiger charge is -2.17. The van der Waals surface area contributed by atoms with Crippen molar-refractivity contribution in [3.05, 3.63) is 42.2 Å². The molecule has 2 heterocycles. The first kappa shape index (κ1) is 20.2. The molecule has 2 N–H and O–H groups in total. The summed E-state index contributed by atoms with van der Waals surface area (Å²) in [7, 11) is 3.52. The van der Waals surface area contributed by atoms with Crippen LogP contribution >= 0.6 is 12.4 Å². The third kappa shape index (κ3) is 4.97. The van der Waals surface area contributed by atoms with Crippen LogP contribution in [0.5, 0.6) is 5.75 Å². The van der Waals surface area contributed by atoms with Gasteiger partial charge >= 0.3 is 0 Å². The summed E-state index contributed by atoms with van der Waals surface area (Å²) in [4.78, 5) is 12.7. The lowest BCUT2D eigenvalue weighted by molar-refractivity contribution is -0.119. The monoisotopic (exact) mass is 380 g/mol. The number of methoxy groups -OCH3 is 1. The molecule has 8 heteroatoms. The highest BCUT2D eigenvalue weighted by atomic mass is 35.5. The normalized spacial score (nSPS) is 19.0. The maximum absolute atomic E-state index is 12.7. The number of aromatic nitrogens is 2. The average molecular weight is 381 g/mol. The summed E-state index contributed by atoms with van der Waals surface area (Å²) in [5.41, 5.74) is 1.86. The van der Waals surface area contributed by atoms with E-state index in [1.54, 1.807) is 11.8 Å². The molecule has 7 nitrogen and oxygen atoms in total. The molecule has 0 aliphatic carbocycles. The Kier molecular flexibility index (Phi) is 7.44. The number of nitrogens with zero attached hydrogens (tertiary/aromatic N) is 2. The van der Waals surface area contributed by atoms with E-state index in [4.69, 9.17) is 9.47 Å². The molecule has 2 aromatic rings. The largest absolute Gasteiger partial charge is 0.491 e. The van der Waals surface area contributed by atoms with Gasteiger partial charge in [0.2, 0.25) is 5.91 Å². The van der Waals surface area contributed by atoms with Crippen molar-refractivity contribution in [2.45, 2.75) is 5.92 Å². The molecule has 1 aliphatic rings. The molecule has 3 rings (SSSR count). The second-order valence-corrected chi connectivity index (χ2v) is 6.17. The van der Waals surface area contributed by atoms with Crippen molar-refractivity contribution in [3.63, 3.8) is 0 Å². The van der Waals surface area contributed by atoms with Crippen LogP contribution in [0.2, 0.25) is 0 Å². The zero-order valence-electron chi connectivity index (χ0n) is 15.0. The lowest BCUT2D eigenvalue weighted by atomic mass is 9.90. The minimum atomic E-state index is -0.109. The number of halogens is 1. The van der Waals surface area contributed by atoms with Gasteiger partial charge in [0.25, 0.3) is 0 Å². The van der Waals surface area contributed by atoms with Crippen LogP contribution in [0, 0.1) is 5.92 Å². The van der Waals surface area contributed by atoms with E-state index in [-0.39, 0.29) is 30.2 Å². The number of hydrogen-bond acceptors (Lipinski definition) is 5. The molecule has 0 bridgehead atoms. The van der Waals surface area contributed by atoms with E-state index in [9.17, 15) is 4.79 Å². The number of benzene rings is 1. The summed E-state index contributed by atoms with van der Waals surface area (Å²) >= 11 is 0. The minimum Gasteiger partial charge on any atom is -0.491 e. The third-order valence-corrected chi connectivity index (χ3v) is 4.38. The van der Waals surface area contributed by atoms with Gasteiger partial charge in [-0.05, 0) is 29.8 Å². The molecule has 0 saturated carbocycles. The van der Waals surface area contributed by atoms with Crippen LogP contribution in [0.15, 0.2) is 36.7 Å². The first-order valence-corrected chi connectivity index (χ1v) is 8.39. The van der Waals surface area contributed by atoms with Crippen molar-refractivity contribution in [1.82, 2.24) is 15.1 Å². The van der Waals surface area contributed by atoms with Gasteiger partial charge in [0.15, 0.2) is 0 Å². The maximum Gasteiger partial charge on any atom is 0.229 e. The Hall–Kier alpha value is -2.09. The summed E-state index contributed by atoms with van der Waals surface area (Å²) in [5.74, 6) is 0.810. The van der Waals surface area contributed by atoms with Gasteiger partial charge in [-0.25, -0.2) is 0 Å². The van der Waals surface area contributed by atoms with E-state index in [2.05, 4.69) is 15.7 Å². The Balaban J connectivity index is 0.00000243. The Morgan fingerprint density at radius 2 is 2.08 bits per heavy atom. The molecule has 26 heavy (non-hydrogen) atoms. The number of anilines is 1. The summed E-state index contributed by atoms with van der Waals surface area (Å²) in [6.07, 6.45) is 3.81. The van der Waals surface area contributed by atoms with Crippen LogP contribution in [-0.4, -0.2) is 49.1 Å². The number of rotatable bonds is 7. The topological polar surface area (TPSA) is 77.4 Å². The van der Waals surface area contributed by atoms with E-state index in [0.29, 0.717) is 19.8 Å². The minimum absolute atomic E-state index is 0. The highest BCUT2D eigenvalue weighted by Crippen LogP contribution is 2.29. The predicted molar refractivity (Wildman–Crippen MR) is 102 cm³/mol. The molecule has 0 unspecified atom stereocenters. The summed E-state index contributed by atoms with van der Waals surface area (Å²) in [5, 5.41) is 10.5. The van der Waals surface area contributed by atoms with Crippen molar-refractivity contribution in [1.29, 1.82) is 0 Å². The maximum atomic E-state index is 12.7. The van der Waals surface area contributed by atoms with Gasteiger partial charge in [-0.15, -0.1) is 12.4 Å². The van der Waals surface area contributed by atoms with Crippen molar-refractivity contribution in [2.75, 3.05) is 38.7 Å². The Morgan fingerprint density at radius 3 is 2.73 bits per heavy atom. The molecule has 1 fully saturated rings. The number of aryl methyl sites for hydroxylation is 1. The first-order chi connectivity index (χ1) is 12.2. The van der Waals surface area contributed by atoms with E-state index < -0.39 is 0 Å². The summed E-state index contributed by atoms with van der Waals surface area (Å²) in [6.45, 7) is 2.51. The van der Waals surface area contributed by atoms with Crippen LogP contribution in [0.4, 0.5) is 5.69 Å². The fraction of sp³-hybridized carbons (Fsp3) is 0.444. The van der Waals surface area contributed by atoms with Gasteiger partial charge in [-0.2, -0.15) is 5.10 Å². The Morgan fingerprint density at radius 1 is 1.31 bits per heavy atom. The van der Waals surface area contributed by atoms with E-state index in [1.165, 1.54) is 0 Å². The standard InChI is InChI=1S/C18H24N4O3.ClH/c1-22-12-13(9-20-22)16-10-19-11-17(16)18(23)21-14-3-5-15(6-4-14)25-8-7-24-2;/h3-6,9,12,16-17,19H,7-8,10-11H2,1-2H3,(H,21,23);1H/t16-,17+;/m1./s1. The predicted octanol–water partition coefficient (Wildman–Crippen LogP) is 1.81. The van der Waals surface area contributed by atoms with Crippen LogP contribution < -0.4 is 15.4 Å². The molecule has 142 valence electrons. The molecular weight excluding hydrogens is 356 g/mol. The van der Waals surface area contributed by atoms with Crippen LogP contribution in [0.25, 0.3) is 0 Å². The zero-order valence-corrected chi connectivity index (χ0v) is 15.8. The van der Waals surface area contributed by atoms with Gasteiger partial charge < -0.3 is 20.1 Å². The molecule has 1 aromatic heterocycles. The Labute approximate surface area is 159 Å². The molecule has 0 spiro atoms. The molecule has 2 atom stereocenters. The molecule has 1 aromatic carbocycles. The summed E-state index contributed by atoms with van der Waals surface area (Å²) < 4.78 is 12.2. The zero-order chi connectivity index (χ0) is 17.6. The van der Waals surface area contributed by atoms with Crippen LogP contribution in [0.3, 0.4) is 0 Å². The number of ether oxygens (including phenoxy) is 2. The number of hydrogen-bond donors (Lipinski definition) is 2. The lowest BCUT2D eigenvalue weighted by Crippen LogP contribution is -2.28. The average Bonchev–Trinajstić information content (AvgIpc) is 3.25. The molecule has 0 radical (unpaired) electrons. The molecule has 1 amide bonds. The van der Waals surface area contributed by atoms with Gasteiger partial charge in [-0.1, -0.05) is 0 Å². The highest BCUT2D eigenvalue weighted by molar-refractivity contribution is 5.93. The molecule has 1 saturated heterocycles. The summed E-state index contributed by atoms with van der Waals surface area (Å²) in [6, 6.07) is 7.39. The molecule has 1 aliphatic heterocycles. The number of carbonyl (C=O) groups excluding carboxylic acids is 1. The smallest absolute Gasteiger partial charge is 0.229 e. The highest BCUT2D eigenvalue weighted by Gasteiger charge is 2.34. The van der Waals surface area contributed by atoms with Gasteiger partial charge in [-0.3, -0.25) is 9.48 Å². The van der Waals surface area contributed by atoms with Crippen molar-refractivity contribution >= 4 is 24.0 Å². The second-order valence-electron chi connectivity index (χ2n) is 6.17. The number of carbonyl (C=O) groups is 1. The first-order valence-electron chi connectivity index (χ1n) is 8.39. The Bertz CT molecular complexity index is 705. The fourth-order valence-electron chi connectivity index (χ4n) is 3.05. The molecular formula is C18H25ClN4O3. The SMILES string of the molecule is COCCOc1ccc(NC(=O)[C@H]2CNC[C@@H]2c2cnn(C)c2)cc1.Cl. The van der Waals surface area contributed by atoms with Crippen LogP contribution in [0.1, 0.15) is 11.5 Å². The van der Waals surface area contributed by atoms with Gasteiger partial charge in [0, 0.05) is 45.0 Å². The van der Waals surface area contributed by atoms with Gasteiger partial charge in [0.05, 0.1) is 18.7 Å². The van der Waals surface area contributed by atoms with Crippen LogP contribution in [-0.2, 0) is 16.6 Å². The van der Waals surface area contributed by atoms with E-state index in [1.807, 2.05) is 43.7 Å². The number of nitrogens with one attached hydrogen (secondary N) is 2. The van der Waals surface area contributed by atoms with Crippen molar-refractivity contribution in [2.24, 2.45) is 13.0 Å². The van der Waals surface area contributed by atoms with Gasteiger partial charge in [0.1, 0.15) is 12.4 Å². The van der Waals surface area contributed by atoms with E-state index >= 15 is 0 Å². The van der Waals surface area contributed by atoms with E-state index in [0.717, 1.165) is 23.5 Å².